The second-order valence-corrected chi connectivity index (χ2v) is 4.40. The van der Waals surface area contributed by atoms with Crippen LogP contribution in [0.25, 0.3) is 0 Å². The fourth-order valence-electron chi connectivity index (χ4n) is 1.51. The molecule has 0 aliphatic heterocycles. The lowest BCUT2D eigenvalue weighted by atomic mass is 10.0. The lowest BCUT2D eigenvalue weighted by molar-refractivity contribution is 0.177. The third-order valence-electron chi connectivity index (χ3n) is 2.04. The smallest absolute Gasteiger partial charge is 0.0518 e. The number of hydrogen-bond donors (Lipinski definition) is 1. The van der Waals surface area contributed by atoms with E-state index >= 15 is 0 Å². The summed E-state index contributed by atoms with van der Waals surface area (Å²) < 4.78 is 0. The molecule has 1 nitrogen and oxygen atoms in total. The summed E-state index contributed by atoms with van der Waals surface area (Å²) in [5, 5.41) is 11.3. The zero-order valence-corrected chi connectivity index (χ0v) is 8.69. The maximum atomic E-state index is 9.22. The normalized spacial score (nSPS) is 16.0. The highest BCUT2D eigenvalue weighted by molar-refractivity contribution is 7.10. The van der Waals surface area contributed by atoms with E-state index in [2.05, 4.69) is 25.3 Å². The highest BCUT2D eigenvalue weighted by atomic mass is 32.1. The van der Waals surface area contributed by atoms with Crippen molar-refractivity contribution >= 4 is 11.3 Å². The first kappa shape index (κ1) is 9.75. The van der Waals surface area contributed by atoms with Crippen molar-refractivity contribution in [3.8, 4) is 0 Å². The van der Waals surface area contributed by atoms with Crippen molar-refractivity contribution in [2.24, 2.45) is 0 Å². The van der Waals surface area contributed by atoms with Gasteiger partial charge in [-0.25, -0.2) is 0 Å². The van der Waals surface area contributed by atoms with Gasteiger partial charge in [0.2, 0.25) is 0 Å². The molecule has 1 aromatic heterocycles. The molecule has 0 spiro atoms. The molecule has 2 unspecified atom stereocenters. The van der Waals surface area contributed by atoms with Crippen molar-refractivity contribution in [1.82, 2.24) is 0 Å². The van der Waals surface area contributed by atoms with Gasteiger partial charge in [0.1, 0.15) is 0 Å². The molecule has 1 N–H and O–H groups in total. The zero-order chi connectivity index (χ0) is 9.14. The first-order valence-electron chi connectivity index (χ1n) is 4.33. The fourth-order valence-corrected chi connectivity index (χ4v) is 2.51. The van der Waals surface area contributed by atoms with Gasteiger partial charge in [-0.15, -0.1) is 11.3 Å². The average Bonchev–Trinajstić information content (AvgIpc) is 2.33. The van der Waals surface area contributed by atoms with Gasteiger partial charge < -0.3 is 5.11 Å². The van der Waals surface area contributed by atoms with Crippen LogP contribution >= 0.6 is 11.3 Å². The van der Waals surface area contributed by atoms with Gasteiger partial charge in [0.25, 0.3) is 0 Å². The Kier molecular flexibility index (Phi) is 3.29. The van der Waals surface area contributed by atoms with Crippen LogP contribution in [0, 0.1) is 6.92 Å². The van der Waals surface area contributed by atoms with E-state index in [9.17, 15) is 5.11 Å². The Hall–Kier alpha value is -0.340. The third kappa shape index (κ3) is 2.32. The lowest BCUT2D eigenvalue weighted by Gasteiger charge is -2.12. The molecule has 0 fully saturated rings. The van der Waals surface area contributed by atoms with Crippen molar-refractivity contribution in [2.45, 2.75) is 39.2 Å². The SMILES string of the molecule is Cc1ccsc1C(C)CC(C)O. The predicted molar refractivity (Wildman–Crippen MR) is 53.8 cm³/mol. The van der Waals surface area contributed by atoms with Gasteiger partial charge in [0.05, 0.1) is 6.10 Å². The summed E-state index contributed by atoms with van der Waals surface area (Å²) in [7, 11) is 0. The van der Waals surface area contributed by atoms with Gasteiger partial charge in [0, 0.05) is 4.88 Å². The maximum Gasteiger partial charge on any atom is 0.0518 e. The topological polar surface area (TPSA) is 20.2 Å². The second-order valence-electron chi connectivity index (χ2n) is 3.45. The van der Waals surface area contributed by atoms with E-state index < -0.39 is 0 Å². The minimum absolute atomic E-state index is 0.193. The third-order valence-corrected chi connectivity index (χ3v) is 3.29. The Balaban J connectivity index is 2.65. The quantitative estimate of drug-likeness (QED) is 0.765. The maximum absolute atomic E-state index is 9.22. The molecule has 1 rings (SSSR count). The van der Waals surface area contributed by atoms with E-state index in [0.717, 1.165) is 6.42 Å². The summed E-state index contributed by atoms with van der Waals surface area (Å²) in [4.78, 5) is 1.41. The van der Waals surface area contributed by atoms with Gasteiger partial charge in [0.15, 0.2) is 0 Å². The zero-order valence-electron chi connectivity index (χ0n) is 7.87. The number of hydrogen-bond acceptors (Lipinski definition) is 2. The number of rotatable bonds is 3. The van der Waals surface area contributed by atoms with Crippen LogP contribution in [0.3, 0.4) is 0 Å². The van der Waals surface area contributed by atoms with Crippen LogP contribution in [0.1, 0.15) is 36.6 Å². The molecular weight excluding hydrogens is 168 g/mol. The van der Waals surface area contributed by atoms with E-state index in [4.69, 9.17) is 0 Å². The molecule has 0 saturated heterocycles. The molecule has 0 saturated carbocycles. The van der Waals surface area contributed by atoms with E-state index in [1.165, 1.54) is 10.4 Å². The number of aliphatic hydroxyl groups excluding tert-OH is 1. The van der Waals surface area contributed by atoms with Crippen LogP contribution in [0.15, 0.2) is 11.4 Å². The van der Waals surface area contributed by atoms with E-state index in [1.807, 2.05) is 6.92 Å². The Labute approximate surface area is 78.1 Å². The summed E-state index contributed by atoms with van der Waals surface area (Å²) in [5.41, 5.74) is 1.35. The molecule has 0 aromatic carbocycles. The first-order chi connectivity index (χ1) is 5.61. The molecule has 12 heavy (non-hydrogen) atoms. The number of thiophene rings is 1. The van der Waals surface area contributed by atoms with Crippen LogP contribution in [-0.2, 0) is 0 Å². The molecule has 0 radical (unpaired) electrons. The van der Waals surface area contributed by atoms with Gasteiger partial charge in [-0.05, 0) is 43.2 Å². The average molecular weight is 184 g/mol. The van der Waals surface area contributed by atoms with Crippen LogP contribution in [0.2, 0.25) is 0 Å². The summed E-state index contributed by atoms with van der Waals surface area (Å²) >= 11 is 1.79. The van der Waals surface area contributed by atoms with Crippen molar-refractivity contribution in [3.05, 3.63) is 21.9 Å². The highest BCUT2D eigenvalue weighted by Gasteiger charge is 2.11. The lowest BCUT2D eigenvalue weighted by Crippen LogP contribution is -2.05. The second kappa shape index (κ2) is 4.06. The predicted octanol–water partition coefficient (Wildman–Crippen LogP) is 2.93. The molecule has 1 aromatic rings. The summed E-state index contributed by atoms with van der Waals surface area (Å²) in [6.07, 6.45) is 0.669. The monoisotopic (exact) mass is 184 g/mol. The minimum atomic E-state index is -0.193. The minimum Gasteiger partial charge on any atom is -0.393 e. The molecule has 0 bridgehead atoms. The van der Waals surface area contributed by atoms with Crippen molar-refractivity contribution in [3.63, 3.8) is 0 Å². The van der Waals surface area contributed by atoms with Crippen LogP contribution in [-0.4, -0.2) is 11.2 Å². The Bertz CT molecular complexity index is 240. The fraction of sp³-hybridized carbons (Fsp3) is 0.600. The Morgan fingerprint density at radius 2 is 2.17 bits per heavy atom. The highest BCUT2D eigenvalue weighted by Crippen LogP contribution is 2.28. The molecular formula is C10H16OS. The number of aliphatic hydroxyl groups is 1. The van der Waals surface area contributed by atoms with Crippen LogP contribution in [0.4, 0.5) is 0 Å². The molecule has 1 heterocycles. The van der Waals surface area contributed by atoms with E-state index in [1.54, 1.807) is 11.3 Å². The van der Waals surface area contributed by atoms with Crippen molar-refractivity contribution in [2.75, 3.05) is 0 Å². The van der Waals surface area contributed by atoms with Gasteiger partial charge >= 0.3 is 0 Å². The standard InChI is InChI=1S/C10H16OS/c1-7-4-5-12-10(7)8(2)6-9(3)11/h4-5,8-9,11H,6H2,1-3H3. The van der Waals surface area contributed by atoms with Crippen LogP contribution in [0.5, 0.6) is 0 Å². The van der Waals surface area contributed by atoms with Crippen LogP contribution < -0.4 is 0 Å². The summed E-state index contributed by atoms with van der Waals surface area (Å²) in [6.45, 7) is 6.15. The van der Waals surface area contributed by atoms with Gasteiger partial charge in [-0.1, -0.05) is 6.92 Å². The van der Waals surface area contributed by atoms with E-state index in [0.29, 0.717) is 5.92 Å². The summed E-state index contributed by atoms with van der Waals surface area (Å²) in [6, 6.07) is 2.14. The first-order valence-corrected chi connectivity index (χ1v) is 5.21. The van der Waals surface area contributed by atoms with Crippen molar-refractivity contribution < 1.29 is 5.11 Å². The van der Waals surface area contributed by atoms with Gasteiger partial charge in [-0.3, -0.25) is 0 Å². The largest absolute Gasteiger partial charge is 0.393 e. The summed E-state index contributed by atoms with van der Waals surface area (Å²) in [5.74, 6) is 0.491. The van der Waals surface area contributed by atoms with E-state index in [-0.39, 0.29) is 6.10 Å². The molecule has 2 heteroatoms. The Morgan fingerprint density at radius 1 is 1.50 bits per heavy atom. The van der Waals surface area contributed by atoms with Crippen molar-refractivity contribution in [1.29, 1.82) is 0 Å². The molecule has 2 atom stereocenters. The molecule has 0 amide bonds. The number of aryl methyl sites for hydroxylation is 1. The molecule has 68 valence electrons. The Morgan fingerprint density at radius 3 is 2.58 bits per heavy atom. The molecule has 0 aliphatic carbocycles. The van der Waals surface area contributed by atoms with Gasteiger partial charge in [-0.2, -0.15) is 0 Å². The molecule has 0 aliphatic rings.